The minimum absolute atomic E-state index is 0.0234. The lowest BCUT2D eigenvalue weighted by Gasteiger charge is -2.34. The molecule has 8 nitrogen and oxygen atoms in total. The molecule has 0 unspecified atom stereocenters. The third-order valence-corrected chi connectivity index (χ3v) is 9.04. The molecule has 3 aliphatic rings. The average Bonchev–Trinajstić information content (AvgIpc) is 2.85. The van der Waals surface area contributed by atoms with Gasteiger partial charge in [0.15, 0.2) is 0 Å². The van der Waals surface area contributed by atoms with E-state index in [1.165, 1.54) is 24.8 Å². The summed E-state index contributed by atoms with van der Waals surface area (Å²) in [5, 5.41) is 16.8. The van der Waals surface area contributed by atoms with Crippen molar-refractivity contribution in [2.75, 3.05) is 45.1 Å². The molecule has 2 aromatic heterocycles. The number of piperazine rings is 1. The zero-order valence-electron chi connectivity index (χ0n) is 22.2. The molecule has 0 radical (unpaired) electrons. The van der Waals surface area contributed by atoms with Crippen LogP contribution in [-0.2, 0) is 6.54 Å². The van der Waals surface area contributed by atoms with Crippen LogP contribution in [0.25, 0.3) is 21.8 Å². The van der Waals surface area contributed by atoms with Crippen LogP contribution in [0.5, 0.6) is 0 Å². The maximum Gasteiger partial charge on any atom is 0.260 e. The Labute approximate surface area is 218 Å². The van der Waals surface area contributed by atoms with Crippen LogP contribution >= 0.6 is 0 Å². The van der Waals surface area contributed by atoms with Crippen LogP contribution < -0.4 is 10.9 Å². The summed E-state index contributed by atoms with van der Waals surface area (Å²) >= 11 is 0. The summed E-state index contributed by atoms with van der Waals surface area (Å²) in [5.74, 6) is 1.52. The minimum atomic E-state index is -0.660. The number of benzene rings is 1. The highest BCUT2D eigenvalue weighted by molar-refractivity contribution is 6.09. The second-order valence-corrected chi connectivity index (χ2v) is 12.0. The topological polar surface area (TPSA) is 86.5 Å². The Hall–Kier alpha value is -2.55. The predicted molar refractivity (Wildman–Crippen MR) is 148 cm³/mol. The van der Waals surface area contributed by atoms with Gasteiger partial charge in [-0.2, -0.15) is 0 Å². The average molecular weight is 505 g/mol. The third-order valence-electron chi connectivity index (χ3n) is 9.04. The van der Waals surface area contributed by atoms with Gasteiger partial charge in [-0.25, -0.2) is 9.97 Å². The highest BCUT2D eigenvalue weighted by Crippen LogP contribution is 2.37. The quantitative estimate of drug-likeness (QED) is 0.494. The molecule has 0 spiro atoms. The van der Waals surface area contributed by atoms with Crippen LogP contribution in [0.2, 0.25) is 0 Å². The lowest BCUT2D eigenvalue weighted by Crippen LogP contribution is -2.43. The van der Waals surface area contributed by atoms with Crippen LogP contribution in [0.3, 0.4) is 0 Å². The van der Waals surface area contributed by atoms with E-state index in [9.17, 15) is 9.90 Å². The highest BCUT2D eigenvalue weighted by Gasteiger charge is 2.32. The molecule has 198 valence electrons. The first-order valence-corrected chi connectivity index (χ1v) is 14.1. The smallest absolute Gasteiger partial charge is 0.260 e. The van der Waals surface area contributed by atoms with Crippen LogP contribution in [0, 0.1) is 5.92 Å². The Morgan fingerprint density at radius 1 is 1.05 bits per heavy atom. The van der Waals surface area contributed by atoms with Gasteiger partial charge in [0, 0.05) is 56.1 Å². The van der Waals surface area contributed by atoms with Crippen molar-refractivity contribution in [3.8, 4) is 0 Å². The molecule has 8 heteroatoms. The molecule has 6 rings (SSSR count). The number of fused-ring (bicyclic) bond motifs is 3. The molecule has 1 aromatic carbocycles. The van der Waals surface area contributed by atoms with Crippen molar-refractivity contribution in [3.63, 3.8) is 0 Å². The van der Waals surface area contributed by atoms with Gasteiger partial charge in [0.2, 0.25) is 0 Å². The van der Waals surface area contributed by atoms with E-state index >= 15 is 0 Å². The highest BCUT2D eigenvalue weighted by atomic mass is 16.3. The van der Waals surface area contributed by atoms with E-state index < -0.39 is 5.60 Å². The van der Waals surface area contributed by atoms with E-state index in [0.717, 1.165) is 74.1 Å². The molecule has 3 heterocycles. The predicted octanol–water partition coefficient (Wildman–Crippen LogP) is 3.77. The summed E-state index contributed by atoms with van der Waals surface area (Å²) in [6.07, 6.45) is 8.33. The SMILES string of the molecule is CN1CCN(Cc2ccc3c(c2)c(=O)n(C2CCC(C)(O)CC2)c2ncnc(NCC4CCC4)c32)CC1. The second kappa shape index (κ2) is 9.97. The Balaban J connectivity index is 1.44. The molecule has 2 aliphatic carbocycles. The maximum atomic E-state index is 14.1. The van der Waals surface area contributed by atoms with Crippen LogP contribution in [0.1, 0.15) is 63.5 Å². The number of pyridine rings is 1. The largest absolute Gasteiger partial charge is 0.390 e. The number of anilines is 1. The standard InChI is InChI=1S/C29H40N6O2/c1-29(37)10-8-22(9-11-29)35-27-25(26(31-19-32-27)30-17-20-4-3-5-20)23-7-6-21(16-24(23)28(35)36)18-34-14-12-33(2)13-15-34/h6-7,16,19-20,22,37H,3-5,8-15,17-18H2,1-2H3,(H,30,31,32). The number of likely N-dealkylation sites (N-methyl/N-ethyl adjacent to an activating group) is 1. The van der Waals surface area contributed by atoms with Gasteiger partial charge in [0.05, 0.1) is 11.0 Å². The summed E-state index contributed by atoms with van der Waals surface area (Å²) in [6.45, 7) is 7.89. The fraction of sp³-hybridized carbons (Fsp3) is 0.621. The minimum Gasteiger partial charge on any atom is -0.390 e. The van der Waals surface area contributed by atoms with Gasteiger partial charge < -0.3 is 15.3 Å². The van der Waals surface area contributed by atoms with E-state index in [0.29, 0.717) is 24.4 Å². The van der Waals surface area contributed by atoms with Crippen molar-refractivity contribution in [3.05, 3.63) is 40.4 Å². The van der Waals surface area contributed by atoms with Crippen LogP contribution in [0.15, 0.2) is 29.3 Å². The summed E-state index contributed by atoms with van der Waals surface area (Å²) in [7, 11) is 2.17. The number of hydrogen-bond donors (Lipinski definition) is 2. The molecular formula is C29H40N6O2. The van der Waals surface area contributed by atoms with Crippen molar-refractivity contribution in [2.24, 2.45) is 5.92 Å². The zero-order valence-corrected chi connectivity index (χ0v) is 22.2. The molecule has 0 atom stereocenters. The van der Waals surface area contributed by atoms with Gasteiger partial charge in [-0.3, -0.25) is 14.3 Å². The Morgan fingerprint density at radius 3 is 2.51 bits per heavy atom. The zero-order chi connectivity index (χ0) is 25.6. The molecule has 1 aliphatic heterocycles. The third kappa shape index (κ3) is 4.99. The van der Waals surface area contributed by atoms with Gasteiger partial charge in [-0.15, -0.1) is 0 Å². The van der Waals surface area contributed by atoms with E-state index in [4.69, 9.17) is 0 Å². The van der Waals surface area contributed by atoms with Gasteiger partial charge in [0.25, 0.3) is 5.56 Å². The molecular weight excluding hydrogens is 464 g/mol. The molecule has 37 heavy (non-hydrogen) atoms. The summed E-state index contributed by atoms with van der Waals surface area (Å²) in [5.41, 5.74) is 1.25. The Bertz CT molecular complexity index is 1330. The van der Waals surface area contributed by atoms with E-state index in [1.807, 2.05) is 11.5 Å². The normalized spacial score (nSPS) is 26.0. The van der Waals surface area contributed by atoms with Crippen molar-refractivity contribution in [1.82, 2.24) is 24.3 Å². The molecule has 2 saturated carbocycles. The van der Waals surface area contributed by atoms with Crippen LogP contribution in [-0.4, -0.2) is 74.8 Å². The lowest BCUT2D eigenvalue weighted by atomic mass is 9.83. The lowest BCUT2D eigenvalue weighted by molar-refractivity contribution is 0.0100. The summed E-state index contributed by atoms with van der Waals surface area (Å²) < 4.78 is 1.92. The van der Waals surface area contributed by atoms with Gasteiger partial charge in [-0.05, 0) is 70.0 Å². The number of aliphatic hydroxyl groups is 1. The monoisotopic (exact) mass is 504 g/mol. The summed E-state index contributed by atoms with van der Waals surface area (Å²) in [4.78, 5) is 28.3. The molecule has 0 bridgehead atoms. The van der Waals surface area contributed by atoms with Crippen molar-refractivity contribution < 1.29 is 5.11 Å². The van der Waals surface area contributed by atoms with Crippen molar-refractivity contribution in [1.29, 1.82) is 0 Å². The van der Waals surface area contributed by atoms with Crippen molar-refractivity contribution in [2.45, 2.75) is 70.1 Å². The van der Waals surface area contributed by atoms with Crippen LogP contribution in [0.4, 0.5) is 5.82 Å². The van der Waals surface area contributed by atoms with Gasteiger partial charge >= 0.3 is 0 Å². The fourth-order valence-corrected chi connectivity index (χ4v) is 6.28. The number of aromatic nitrogens is 3. The van der Waals surface area contributed by atoms with Gasteiger partial charge in [0.1, 0.15) is 17.8 Å². The summed E-state index contributed by atoms with van der Waals surface area (Å²) in [6, 6.07) is 6.41. The molecule has 0 amide bonds. The second-order valence-electron chi connectivity index (χ2n) is 12.0. The van der Waals surface area contributed by atoms with E-state index in [-0.39, 0.29) is 11.6 Å². The Morgan fingerprint density at radius 2 is 1.81 bits per heavy atom. The molecule has 2 N–H and O–H groups in total. The Kier molecular flexibility index (Phi) is 6.67. The number of nitrogens with one attached hydrogen (secondary N) is 1. The number of hydrogen-bond acceptors (Lipinski definition) is 7. The van der Waals surface area contributed by atoms with E-state index in [2.05, 4.69) is 50.3 Å². The maximum absolute atomic E-state index is 14.1. The van der Waals surface area contributed by atoms with Gasteiger partial charge in [-0.1, -0.05) is 18.6 Å². The number of rotatable bonds is 6. The first-order valence-electron chi connectivity index (χ1n) is 14.1. The van der Waals surface area contributed by atoms with Crippen molar-refractivity contribution >= 4 is 27.6 Å². The molecule has 1 saturated heterocycles. The first-order chi connectivity index (χ1) is 17.9. The van der Waals surface area contributed by atoms with E-state index in [1.54, 1.807) is 6.33 Å². The first kappa shape index (κ1) is 24.8. The fourth-order valence-electron chi connectivity index (χ4n) is 6.28. The number of nitrogens with zero attached hydrogens (tertiary/aromatic N) is 5. The molecule has 3 fully saturated rings. The molecule has 3 aromatic rings.